The molecule has 2 rings (SSSR count). The van der Waals surface area contributed by atoms with Crippen molar-refractivity contribution in [2.24, 2.45) is 5.92 Å². The molecule has 0 aromatic carbocycles. The van der Waals surface area contributed by atoms with E-state index in [0.717, 1.165) is 25.7 Å². The van der Waals surface area contributed by atoms with Crippen LogP contribution in [0.4, 0.5) is 0 Å². The summed E-state index contributed by atoms with van der Waals surface area (Å²) < 4.78 is 10.9. The van der Waals surface area contributed by atoms with Gasteiger partial charge in [-0.15, -0.1) is 0 Å². The molecule has 0 atom stereocenters. The average Bonchev–Trinajstić information content (AvgIpc) is 2.81. The Morgan fingerprint density at radius 3 is 2.79 bits per heavy atom. The summed E-state index contributed by atoms with van der Waals surface area (Å²) in [5, 5.41) is 12.7. The molecule has 1 aromatic heterocycles. The summed E-state index contributed by atoms with van der Waals surface area (Å²) in [6.45, 7) is 4.75. The van der Waals surface area contributed by atoms with E-state index < -0.39 is 11.6 Å². The predicted molar refractivity (Wildman–Crippen MR) is 66.6 cm³/mol. The summed E-state index contributed by atoms with van der Waals surface area (Å²) in [6.07, 6.45) is 3.58. The third kappa shape index (κ3) is 3.12. The standard InChI is InChI=1S/C13H20N2O4/c1-3-18-13(6-4-9(2)5-7-13)12-14-10(19-15-12)8-11(16)17/h9H,3-8H2,1-2H3,(H,16,17). The molecule has 0 radical (unpaired) electrons. The van der Waals surface area contributed by atoms with Crippen LogP contribution in [0, 0.1) is 5.92 Å². The summed E-state index contributed by atoms with van der Waals surface area (Å²) in [4.78, 5) is 14.9. The molecule has 1 saturated carbocycles. The molecule has 1 heterocycles. The van der Waals surface area contributed by atoms with Gasteiger partial charge in [0.05, 0.1) is 0 Å². The monoisotopic (exact) mass is 268 g/mol. The third-order valence-corrected chi connectivity index (χ3v) is 3.68. The van der Waals surface area contributed by atoms with E-state index in [-0.39, 0.29) is 12.3 Å². The van der Waals surface area contributed by atoms with E-state index in [2.05, 4.69) is 17.1 Å². The smallest absolute Gasteiger partial charge is 0.312 e. The second-order valence-corrected chi connectivity index (χ2v) is 5.19. The fourth-order valence-corrected chi connectivity index (χ4v) is 2.58. The summed E-state index contributed by atoms with van der Waals surface area (Å²) in [6, 6.07) is 0. The Bertz CT molecular complexity index is 436. The van der Waals surface area contributed by atoms with E-state index in [4.69, 9.17) is 14.4 Å². The zero-order chi connectivity index (χ0) is 13.9. The van der Waals surface area contributed by atoms with Crippen LogP contribution in [0.1, 0.15) is 51.2 Å². The van der Waals surface area contributed by atoms with Crippen molar-refractivity contribution >= 4 is 5.97 Å². The van der Waals surface area contributed by atoms with Crippen molar-refractivity contribution in [2.75, 3.05) is 6.61 Å². The van der Waals surface area contributed by atoms with Gasteiger partial charge in [-0.1, -0.05) is 12.1 Å². The topological polar surface area (TPSA) is 85.5 Å². The molecule has 0 saturated heterocycles. The molecule has 106 valence electrons. The van der Waals surface area contributed by atoms with Gasteiger partial charge in [0.25, 0.3) is 0 Å². The van der Waals surface area contributed by atoms with Crippen LogP contribution >= 0.6 is 0 Å². The molecule has 0 aliphatic heterocycles. The highest BCUT2D eigenvalue weighted by Gasteiger charge is 2.40. The van der Waals surface area contributed by atoms with Crippen LogP contribution in [0.15, 0.2) is 4.52 Å². The lowest BCUT2D eigenvalue weighted by Crippen LogP contribution is -2.35. The molecular weight excluding hydrogens is 248 g/mol. The van der Waals surface area contributed by atoms with Gasteiger partial charge in [-0.3, -0.25) is 4.79 Å². The first kappa shape index (κ1) is 14.0. The van der Waals surface area contributed by atoms with Crippen molar-refractivity contribution < 1.29 is 19.2 Å². The molecule has 0 bridgehead atoms. The summed E-state index contributed by atoms with van der Waals surface area (Å²) in [5.41, 5.74) is -0.498. The van der Waals surface area contributed by atoms with Gasteiger partial charge in [0.15, 0.2) is 0 Å². The number of aromatic nitrogens is 2. The molecule has 0 amide bonds. The first-order valence-corrected chi connectivity index (χ1v) is 6.74. The Labute approximate surface area is 112 Å². The van der Waals surface area contributed by atoms with Crippen LogP contribution in [0.3, 0.4) is 0 Å². The molecule has 1 aromatic rings. The summed E-state index contributed by atoms with van der Waals surface area (Å²) in [5.74, 6) is 0.342. The van der Waals surface area contributed by atoms with Crippen molar-refractivity contribution in [3.8, 4) is 0 Å². The molecule has 1 aliphatic rings. The number of ether oxygens (including phenoxy) is 1. The van der Waals surface area contributed by atoms with E-state index in [0.29, 0.717) is 18.3 Å². The normalized spacial score (nSPS) is 27.4. The fraction of sp³-hybridized carbons (Fsp3) is 0.769. The van der Waals surface area contributed by atoms with E-state index in [1.165, 1.54) is 0 Å². The van der Waals surface area contributed by atoms with Crippen LogP contribution in [-0.2, 0) is 21.6 Å². The Morgan fingerprint density at radius 1 is 1.53 bits per heavy atom. The summed E-state index contributed by atoms with van der Waals surface area (Å²) >= 11 is 0. The molecule has 6 heteroatoms. The highest BCUT2D eigenvalue weighted by Crippen LogP contribution is 2.41. The number of hydrogen-bond donors (Lipinski definition) is 1. The van der Waals surface area contributed by atoms with Crippen molar-refractivity contribution in [1.29, 1.82) is 0 Å². The number of hydrogen-bond acceptors (Lipinski definition) is 5. The lowest BCUT2D eigenvalue weighted by Gasteiger charge is -2.36. The fourth-order valence-electron chi connectivity index (χ4n) is 2.58. The number of nitrogens with zero attached hydrogens (tertiary/aromatic N) is 2. The van der Waals surface area contributed by atoms with Crippen molar-refractivity contribution in [3.63, 3.8) is 0 Å². The number of carboxylic acids is 1. The van der Waals surface area contributed by atoms with Crippen molar-refractivity contribution in [2.45, 2.75) is 51.6 Å². The van der Waals surface area contributed by atoms with Gasteiger partial charge in [-0.05, 0) is 38.5 Å². The SMILES string of the molecule is CCOC1(c2noc(CC(=O)O)n2)CCC(C)CC1. The van der Waals surface area contributed by atoms with Crippen LogP contribution in [0.2, 0.25) is 0 Å². The van der Waals surface area contributed by atoms with E-state index >= 15 is 0 Å². The Hall–Kier alpha value is -1.43. The minimum Gasteiger partial charge on any atom is -0.481 e. The van der Waals surface area contributed by atoms with Crippen molar-refractivity contribution in [3.05, 3.63) is 11.7 Å². The average molecular weight is 268 g/mol. The van der Waals surface area contributed by atoms with E-state index in [9.17, 15) is 4.79 Å². The van der Waals surface area contributed by atoms with Gasteiger partial charge in [0.2, 0.25) is 11.7 Å². The lowest BCUT2D eigenvalue weighted by molar-refractivity contribution is -0.136. The van der Waals surface area contributed by atoms with Crippen LogP contribution in [0.25, 0.3) is 0 Å². The molecule has 0 spiro atoms. The van der Waals surface area contributed by atoms with Gasteiger partial charge in [-0.2, -0.15) is 4.98 Å². The Kier molecular flexibility index (Phi) is 4.19. The first-order valence-electron chi connectivity index (χ1n) is 6.74. The zero-order valence-corrected chi connectivity index (χ0v) is 11.4. The van der Waals surface area contributed by atoms with Gasteiger partial charge >= 0.3 is 5.97 Å². The van der Waals surface area contributed by atoms with Crippen molar-refractivity contribution in [1.82, 2.24) is 10.1 Å². The van der Waals surface area contributed by atoms with Gasteiger partial charge in [-0.25, -0.2) is 0 Å². The molecule has 6 nitrogen and oxygen atoms in total. The second-order valence-electron chi connectivity index (χ2n) is 5.19. The Balaban J connectivity index is 2.19. The lowest BCUT2D eigenvalue weighted by atomic mass is 9.79. The largest absolute Gasteiger partial charge is 0.481 e. The highest BCUT2D eigenvalue weighted by atomic mass is 16.5. The van der Waals surface area contributed by atoms with Gasteiger partial charge in [0.1, 0.15) is 12.0 Å². The van der Waals surface area contributed by atoms with Crippen LogP contribution < -0.4 is 0 Å². The molecular formula is C13H20N2O4. The second kappa shape index (κ2) is 5.69. The molecule has 0 unspecified atom stereocenters. The van der Waals surface area contributed by atoms with Crippen LogP contribution in [0.5, 0.6) is 0 Å². The third-order valence-electron chi connectivity index (χ3n) is 3.68. The van der Waals surface area contributed by atoms with Gasteiger partial charge < -0.3 is 14.4 Å². The predicted octanol–water partition coefficient (Wildman–Crippen LogP) is 2.14. The zero-order valence-electron chi connectivity index (χ0n) is 11.4. The molecule has 1 fully saturated rings. The maximum absolute atomic E-state index is 10.6. The van der Waals surface area contributed by atoms with E-state index in [1.807, 2.05) is 6.92 Å². The Morgan fingerprint density at radius 2 is 2.21 bits per heavy atom. The maximum atomic E-state index is 10.6. The maximum Gasteiger partial charge on any atom is 0.312 e. The quantitative estimate of drug-likeness (QED) is 0.880. The number of aliphatic carboxylic acids is 1. The first-order chi connectivity index (χ1) is 9.05. The molecule has 1 aliphatic carbocycles. The molecule has 1 N–H and O–H groups in total. The highest BCUT2D eigenvalue weighted by molar-refractivity contribution is 5.68. The number of rotatable bonds is 5. The number of carboxylic acid groups (broad SMARTS) is 1. The number of carbonyl (C=O) groups is 1. The summed E-state index contributed by atoms with van der Waals surface area (Å²) in [7, 11) is 0. The molecule has 19 heavy (non-hydrogen) atoms. The minimum absolute atomic E-state index is 0.139. The van der Waals surface area contributed by atoms with Gasteiger partial charge in [0, 0.05) is 6.61 Å². The van der Waals surface area contributed by atoms with Crippen LogP contribution in [-0.4, -0.2) is 27.8 Å². The minimum atomic E-state index is -0.974. The van der Waals surface area contributed by atoms with E-state index in [1.54, 1.807) is 0 Å².